The number of alkyl halides is 2. The second kappa shape index (κ2) is 6.14. The average molecular weight is 248 g/mol. The highest BCUT2D eigenvalue weighted by Gasteiger charge is 2.14. The summed E-state index contributed by atoms with van der Waals surface area (Å²) in [5, 5.41) is 8.74. The second-order valence-corrected chi connectivity index (χ2v) is 3.33. The van der Waals surface area contributed by atoms with E-state index in [2.05, 4.69) is 20.3 Å². The lowest BCUT2D eigenvalue weighted by Crippen LogP contribution is -2.28. The van der Waals surface area contributed by atoms with Crippen molar-refractivity contribution in [3.05, 3.63) is 11.4 Å². The molecule has 0 radical (unpaired) electrons. The molecular weight excluding hydrogens is 234 g/mol. The van der Waals surface area contributed by atoms with E-state index in [-0.39, 0.29) is 24.5 Å². The van der Waals surface area contributed by atoms with Gasteiger partial charge in [0.05, 0.1) is 18.0 Å². The Morgan fingerprint density at radius 2 is 2.35 bits per heavy atom. The molecule has 1 heterocycles. The van der Waals surface area contributed by atoms with E-state index in [1.54, 1.807) is 6.92 Å². The van der Waals surface area contributed by atoms with Gasteiger partial charge in [-0.3, -0.25) is 9.89 Å². The van der Waals surface area contributed by atoms with Crippen LogP contribution in [-0.4, -0.2) is 42.3 Å². The van der Waals surface area contributed by atoms with Crippen LogP contribution in [-0.2, 0) is 4.74 Å². The fourth-order valence-electron chi connectivity index (χ4n) is 1.10. The van der Waals surface area contributed by atoms with Gasteiger partial charge in [-0.15, -0.1) is 0 Å². The van der Waals surface area contributed by atoms with Crippen LogP contribution < -0.4 is 11.1 Å². The topological polar surface area (TPSA) is 93.0 Å². The summed E-state index contributed by atoms with van der Waals surface area (Å²) in [4.78, 5) is 11.5. The average Bonchev–Trinajstić information content (AvgIpc) is 2.59. The van der Waals surface area contributed by atoms with Crippen LogP contribution in [0.4, 0.5) is 14.5 Å². The van der Waals surface area contributed by atoms with E-state index < -0.39 is 18.9 Å². The van der Waals surface area contributed by atoms with Crippen LogP contribution in [0.3, 0.4) is 0 Å². The molecule has 0 bridgehead atoms. The van der Waals surface area contributed by atoms with Crippen LogP contribution in [0.2, 0.25) is 0 Å². The number of nitrogens with one attached hydrogen (secondary N) is 2. The smallest absolute Gasteiger partial charge is 0.274 e. The predicted molar refractivity (Wildman–Crippen MR) is 56.9 cm³/mol. The molecule has 4 N–H and O–H groups in total. The summed E-state index contributed by atoms with van der Waals surface area (Å²) >= 11 is 0. The third-order valence-electron chi connectivity index (χ3n) is 1.99. The Morgan fingerprint density at radius 3 is 2.88 bits per heavy atom. The molecule has 8 heteroatoms. The fourth-order valence-corrected chi connectivity index (χ4v) is 1.10. The van der Waals surface area contributed by atoms with E-state index in [0.717, 1.165) is 0 Å². The van der Waals surface area contributed by atoms with Crippen LogP contribution in [0.1, 0.15) is 16.2 Å². The van der Waals surface area contributed by atoms with Gasteiger partial charge in [0, 0.05) is 6.54 Å². The van der Waals surface area contributed by atoms with Crippen molar-refractivity contribution in [1.82, 2.24) is 15.5 Å². The van der Waals surface area contributed by atoms with Crippen molar-refractivity contribution in [2.45, 2.75) is 13.3 Å². The van der Waals surface area contributed by atoms with Crippen molar-refractivity contribution < 1.29 is 18.3 Å². The van der Waals surface area contributed by atoms with Gasteiger partial charge >= 0.3 is 0 Å². The minimum atomic E-state index is -2.50. The molecule has 96 valence electrons. The highest BCUT2D eigenvalue weighted by Crippen LogP contribution is 2.11. The zero-order chi connectivity index (χ0) is 12.8. The summed E-state index contributed by atoms with van der Waals surface area (Å²) in [5.74, 6) is -0.465. The molecule has 0 aliphatic rings. The Bertz CT molecular complexity index is 381. The van der Waals surface area contributed by atoms with Gasteiger partial charge in [-0.05, 0) is 6.92 Å². The molecule has 0 spiro atoms. The number of H-pyrrole nitrogens is 1. The van der Waals surface area contributed by atoms with Gasteiger partial charge in [0.2, 0.25) is 0 Å². The number of nitrogen functional groups attached to an aromatic ring is 1. The number of aromatic amines is 1. The van der Waals surface area contributed by atoms with Crippen molar-refractivity contribution in [1.29, 1.82) is 0 Å². The highest BCUT2D eigenvalue weighted by atomic mass is 19.3. The van der Waals surface area contributed by atoms with Crippen LogP contribution in [0, 0.1) is 6.92 Å². The third-order valence-corrected chi connectivity index (χ3v) is 1.99. The molecule has 0 aromatic carbocycles. The normalized spacial score (nSPS) is 10.8. The van der Waals surface area contributed by atoms with Crippen molar-refractivity contribution in [2.75, 3.05) is 25.5 Å². The van der Waals surface area contributed by atoms with Crippen LogP contribution >= 0.6 is 0 Å². The third kappa shape index (κ3) is 3.99. The van der Waals surface area contributed by atoms with Crippen molar-refractivity contribution >= 4 is 11.6 Å². The second-order valence-electron chi connectivity index (χ2n) is 3.33. The number of carbonyl (C=O) groups excluding carboxylic acids is 1. The summed E-state index contributed by atoms with van der Waals surface area (Å²) in [7, 11) is 0. The molecule has 1 rings (SSSR count). The number of hydrogen-bond donors (Lipinski definition) is 3. The first-order valence-corrected chi connectivity index (χ1v) is 4.97. The first-order chi connectivity index (χ1) is 8.02. The summed E-state index contributed by atoms with van der Waals surface area (Å²) < 4.78 is 28.0. The van der Waals surface area contributed by atoms with E-state index in [1.165, 1.54) is 0 Å². The van der Waals surface area contributed by atoms with Gasteiger partial charge < -0.3 is 15.8 Å². The van der Waals surface area contributed by atoms with Crippen molar-refractivity contribution in [3.63, 3.8) is 0 Å². The Kier molecular flexibility index (Phi) is 4.83. The van der Waals surface area contributed by atoms with Crippen LogP contribution in [0.25, 0.3) is 0 Å². The summed E-state index contributed by atoms with van der Waals surface area (Å²) in [5.41, 5.74) is 6.56. The monoisotopic (exact) mass is 248 g/mol. The molecule has 0 unspecified atom stereocenters. The van der Waals surface area contributed by atoms with Gasteiger partial charge in [0.15, 0.2) is 5.69 Å². The number of nitrogens with zero attached hydrogens (tertiary/aromatic N) is 1. The summed E-state index contributed by atoms with van der Waals surface area (Å²) in [6, 6.07) is 0. The quantitative estimate of drug-likeness (QED) is 0.632. The number of nitrogens with two attached hydrogens (primary N) is 1. The van der Waals surface area contributed by atoms with Gasteiger partial charge in [0.1, 0.15) is 6.61 Å². The molecule has 0 fully saturated rings. The van der Waals surface area contributed by atoms with E-state index in [1.807, 2.05) is 0 Å². The SMILES string of the molecule is Cc1[nH]nc(C(=O)NCCOCC(F)F)c1N. The van der Waals surface area contributed by atoms with Gasteiger partial charge in [-0.25, -0.2) is 8.78 Å². The lowest BCUT2D eigenvalue weighted by Gasteiger charge is -2.05. The Hall–Kier alpha value is -1.70. The molecule has 17 heavy (non-hydrogen) atoms. The number of carbonyl (C=O) groups is 1. The highest BCUT2D eigenvalue weighted by molar-refractivity contribution is 5.97. The minimum absolute atomic E-state index is 0.0133. The maximum atomic E-state index is 11.7. The maximum absolute atomic E-state index is 11.7. The van der Waals surface area contributed by atoms with E-state index in [4.69, 9.17) is 5.73 Å². The van der Waals surface area contributed by atoms with Gasteiger partial charge in [0.25, 0.3) is 12.3 Å². The lowest BCUT2D eigenvalue weighted by molar-refractivity contribution is 0.0188. The standard InChI is InChI=1S/C9H14F2N4O2/c1-5-7(12)8(15-14-5)9(16)13-2-3-17-4-6(10)11/h6H,2-4,12H2,1H3,(H,13,16)(H,14,15). The Morgan fingerprint density at radius 1 is 1.65 bits per heavy atom. The van der Waals surface area contributed by atoms with Gasteiger partial charge in [-0.1, -0.05) is 0 Å². The molecule has 1 aromatic rings. The molecule has 1 amide bonds. The van der Waals surface area contributed by atoms with E-state index in [9.17, 15) is 13.6 Å². The van der Waals surface area contributed by atoms with Crippen LogP contribution in [0.5, 0.6) is 0 Å². The molecule has 0 saturated carbocycles. The number of halogens is 2. The number of rotatable bonds is 6. The number of anilines is 1. The predicted octanol–water partition coefficient (Wildman–Crippen LogP) is 0.312. The molecule has 0 aliphatic heterocycles. The molecule has 0 aliphatic carbocycles. The van der Waals surface area contributed by atoms with E-state index in [0.29, 0.717) is 5.69 Å². The largest absolute Gasteiger partial charge is 0.395 e. The maximum Gasteiger partial charge on any atom is 0.274 e. The number of hydrogen-bond acceptors (Lipinski definition) is 4. The van der Waals surface area contributed by atoms with E-state index >= 15 is 0 Å². The number of ether oxygens (including phenoxy) is 1. The number of aromatic nitrogens is 2. The zero-order valence-corrected chi connectivity index (χ0v) is 9.30. The summed E-state index contributed by atoms with van der Waals surface area (Å²) in [6.45, 7) is 1.18. The van der Waals surface area contributed by atoms with Crippen molar-refractivity contribution in [3.8, 4) is 0 Å². The molecule has 0 saturated heterocycles. The number of aryl methyl sites for hydroxylation is 1. The Balaban J connectivity index is 2.28. The zero-order valence-electron chi connectivity index (χ0n) is 9.30. The summed E-state index contributed by atoms with van der Waals surface area (Å²) in [6.07, 6.45) is -2.50. The van der Waals surface area contributed by atoms with Crippen molar-refractivity contribution in [2.24, 2.45) is 0 Å². The lowest BCUT2D eigenvalue weighted by atomic mass is 10.3. The molecule has 6 nitrogen and oxygen atoms in total. The molecule has 1 aromatic heterocycles. The Labute approximate surface area is 96.5 Å². The fraction of sp³-hybridized carbons (Fsp3) is 0.556. The first-order valence-electron chi connectivity index (χ1n) is 4.97. The molecule has 0 atom stereocenters. The van der Waals surface area contributed by atoms with Crippen LogP contribution in [0.15, 0.2) is 0 Å². The first kappa shape index (κ1) is 13.4. The molecular formula is C9H14F2N4O2. The van der Waals surface area contributed by atoms with Gasteiger partial charge in [-0.2, -0.15) is 5.10 Å². The minimum Gasteiger partial charge on any atom is -0.395 e. The number of amides is 1.